The van der Waals surface area contributed by atoms with Gasteiger partial charge in [-0.2, -0.15) is 4.98 Å². The third-order valence-corrected chi connectivity index (χ3v) is 10.3. The van der Waals surface area contributed by atoms with E-state index in [1.54, 1.807) is 0 Å². The molecule has 0 saturated carbocycles. The highest BCUT2D eigenvalue weighted by molar-refractivity contribution is 6.36. The molecule has 0 radical (unpaired) electrons. The average molecular weight is 590 g/mol. The Hall–Kier alpha value is -6.07. The fourth-order valence-electron chi connectivity index (χ4n) is 8.46. The van der Waals surface area contributed by atoms with Crippen LogP contribution in [0.3, 0.4) is 0 Å². The molecule has 0 atom stereocenters. The summed E-state index contributed by atoms with van der Waals surface area (Å²) < 4.78 is 17.7. The number of para-hydroxylation sites is 1. The minimum atomic E-state index is 0.565. The summed E-state index contributed by atoms with van der Waals surface area (Å²) in [6.07, 6.45) is 6.86. The molecule has 0 N–H and O–H groups in total. The van der Waals surface area contributed by atoms with E-state index in [9.17, 15) is 0 Å². The van der Waals surface area contributed by atoms with E-state index in [-0.39, 0.29) is 0 Å². The minimum absolute atomic E-state index is 0.565. The predicted octanol–water partition coefficient (Wildman–Crippen LogP) is 9.28. The van der Waals surface area contributed by atoms with E-state index in [2.05, 4.69) is 124 Å². The van der Waals surface area contributed by atoms with Crippen LogP contribution in [0, 0.1) is 0 Å². The lowest BCUT2D eigenvalue weighted by molar-refractivity contribution is 0.574. The summed E-state index contributed by atoms with van der Waals surface area (Å²) in [5, 5.41) is 9.75. The molecular formula is C41H23N3O2. The van der Waals surface area contributed by atoms with Gasteiger partial charge in [0.05, 0.1) is 33.0 Å². The first-order chi connectivity index (χ1) is 22.8. The zero-order valence-electron chi connectivity index (χ0n) is 24.5. The van der Waals surface area contributed by atoms with Crippen LogP contribution in [0.4, 0.5) is 0 Å². The van der Waals surface area contributed by atoms with Crippen molar-refractivity contribution in [2.75, 3.05) is 0 Å². The molecular weight excluding hydrogens is 566 g/mol. The Morgan fingerprint density at radius 1 is 0.565 bits per heavy atom. The quantitative estimate of drug-likeness (QED) is 0.202. The molecule has 6 aromatic carbocycles. The van der Waals surface area contributed by atoms with Crippen LogP contribution in [-0.2, 0) is 0 Å². The van der Waals surface area contributed by atoms with Crippen molar-refractivity contribution in [1.82, 2.24) is 14.0 Å². The molecule has 1 aliphatic rings. The Morgan fingerprint density at radius 3 is 2.37 bits per heavy atom. The number of hydrogen-bond donors (Lipinski definition) is 0. The number of oxazole rings is 1. The summed E-state index contributed by atoms with van der Waals surface area (Å²) >= 11 is 0. The Labute approximate surface area is 260 Å². The molecule has 0 fully saturated rings. The van der Waals surface area contributed by atoms with Gasteiger partial charge in [-0.25, -0.2) is 0 Å². The molecule has 0 unspecified atom stereocenters. The number of nitrogens with zero attached hydrogens (tertiary/aromatic N) is 3. The molecule has 1 aliphatic carbocycles. The SMILES string of the molecule is C1=c2cccc(-c3ccc4oc(-n5c6ccc7oc8ccc9c%10ccccc%10n%10c%11cccc5c%11c6c7c8c9%10)nc4c3)c2=CCC1. The summed E-state index contributed by atoms with van der Waals surface area (Å²) in [5.41, 5.74) is 11.5. The van der Waals surface area contributed by atoms with Gasteiger partial charge in [0.15, 0.2) is 5.58 Å². The molecule has 5 heterocycles. The van der Waals surface area contributed by atoms with Gasteiger partial charge in [0.2, 0.25) is 0 Å². The smallest absolute Gasteiger partial charge is 0.307 e. The summed E-state index contributed by atoms with van der Waals surface area (Å²) in [6.45, 7) is 0. The molecule has 214 valence electrons. The molecule has 11 aromatic rings. The lowest BCUT2D eigenvalue weighted by Crippen LogP contribution is -2.28. The normalized spacial score (nSPS) is 13.8. The summed E-state index contributed by atoms with van der Waals surface area (Å²) in [5.74, 6) is 0. The molecule has 12 rings (SSSR count). The van der Waals surface area contributed by atoms with Crippen molar-refractivity contribution in [3.05, 3.63) is 114 Å². The molecule has 5 heteroatoms. The molecule has 0 amide bonds. The number of furan rings is 1. The van der Waals surface area contributed by atoms with Gasteiger partial charge < -0.3 is 13.2 Å². The molecule has 0 bridgehead atoms. The van der Waals surface area contributed by atoms with E-state index in [0.29, 0.717) is 6.01 Å². The maximum Gasteiger partial charge on any atom is 0.307 e. The Bertz CT molecular complexity index is 3200. The third-order valence-electron chi connectivity index (χ3n) is 10.3. The van der Waals surface area contributed by atoms with Crippen molar-refractivity contribution in [1.29, 1.82) is 0 Å². The van der Waals surface area contributed by atoms with Gasteiger partial charge in [-0.15, -0.1) is 0 Å². The molecule has 0 aliphatic heterocycles. The van der Waals surface area contributed by atoms with Crippen LogP contribution >= 0.6 is 0 Å². The van der Waals surface area contributed by atoms with Crippen molar-refractivity contribution in [3.8, 4) is 17.1 Å². The number of fused-ring (bicyclic) bond motifs is 6. The second kappa shape index (κ2) is 7.95. The van der Waals surface area contributed by atoms with E-state index in [1.807, 2.05) is 0 Å². The largest absolute Gasteiger partial charge is 0.456 e. The average Bonchev–Trinajstić information content (AvgIpc) is 3.83. The van der Waals surface area contributed by atoms with Gasteiger partial charge in [0.1, 0.15) is 16.7 Å². The fraction of sp³-hybridized carbons (Fsp3) is 0.0488. The van der Waals surface area contributed by atoms with Gasteiger partial charge in [-0.1, -0.05) is 60.7 Å². The first-order valence-electron chi connectivity index (χ1n) is 15.9. The maximum atomic E-state index is 6.59. The lowest BCUT2D eigenvalue weighted by Gasteiger charge is -2.07. The van der Waals surface area contributed by atoms with Gasteiger partial charge in [-0.3, -0.25) is 4.57 Å². The first-order valence-corrected chi connectivity index (χ1v) is 15.9. The Kier molecular flexibility index (Phi) is 4.03. The zero-order valence-corrected chi connectivity index (χ0v) is 24.5. The molecule has 0 saturated heterocycles. The van der Waals surface area contributed by atoms with Crippen LogP contribution in [0.2, 0.25) is 0 Å². The van der Waals surface area contributed by atoms with Gasteiger partial charge in [-0.05, 0) is 89.0 Å². The van der Waals surface area contributed by atoms with E-state index in [4.69, 9.17) is 13.8 Å². The maximum absolute atomic E-state index is 6.59. The molecule has 5 nitrogen and oxygen atoms in total. The van der Waals surface area contributed by atoms with Crippen molar-refractivity contribution in [2.45, 2.75) is 12.8 Å². The Balaban J connectivity index is 1.21. The summed E-state index contributed by atoms with van der Waals surface area (Å²) in [6, 6.07) is 37.4. The highest BCUT2D eigenvalue weighted by atomic mass is 16.4. The molecule has 46 heavy (non-hydrogen) atoms. The number of hydrogen-bond acceptors (Lipinski definition) is 3. The fourth-order valence-corrected chi connectivity index (χ4v) is 8.46. The standard InChI is InChI=1S/C41H23N3O2/c1-2-9-24-22(7-1)8-5-11-25(24)23-15-18-33-28(21-23)42-41(46-33)44-31-14-6-13-30-36(31)37-32(44)17-20-34-38(37)39-35(45-34)19-16-27-26-10-3-4-12-29(26)43(30)40(27)39/h3-21H,1-2H2. The van der Waals surface area contributed by atoms with Crippen molar-refractivity contribution in [2.24, 2.45) is 0 Å². The lowest BCUT2D eigenvalue weighted by atomic mass is 9.98. The second-order valence-corrected chi connectivity index (χ2v) is 12.6. The topological polar surface area (TPSA) is 48.5 Å². The predicted molar refractivity (Wildman–Crippen MR) is 187 cm³/mol. The number of benzene rings is 6. The van der Waals surface area contributed by atoms with E-state index in [0.717, 1.165) is 68.0 Å². The Morgan fingerprint density at radius 2 is 1.37 bits per heavy atom. The zero-order chi connectivity index (χ0) is 29.7. The number of aromatic nitrogens is 3. The van der Waals surface area contributed by atoms with Gasteiger partial charge >= 0.3 is 6.01 Å². The van der Waals surface area contributed by atoms with Crippen molar-refractivity contribution >= 4 is 94.3 Å². The van der Waals surface area contributed by atoms with Crippen molar-refractivity contribution in [3.63, 3.8) is 0 Å². The summed E-state index contributed by atoms with van der Waals surface area (Å²) in [4.78, 5) is 5.16. The van der Waals surface area contributed by atoms with Crippen molar-refractivity contribution < 1.29 is 8.83 Å². The van der Waals surface area contributed by atoms with E-state index < -0.39 is 0 Å². The van der Waals surface area contributed by atoms with Gasteiger partial charge in [0.25, 0.3) is 0 Å². The van der Waals surface area contributed by atoms with Crippen LogP contribution < -0.4 is 10.4 Å². The minimum Gasteiger partial charge on any atom is -0.456 e. The third kappa shape index (κ3) is 2.68. The van der Waals surface area contributed by atoms with Crippen LogP contribution in [0.15, 0.2) is 112 Å². The molecule has 0 spiro atoms. The summed E-state index contributed by atoms with van der Waals surface area (Å²) in [7, 11) is 0. The van der Waals surface area contributed by atoms with Crippen LogP contribution in [0.5, 0.6) is 0 Å². The second-order valence-electron chi connectivity index (χ2n) is 12.6. The monoisotopic (exact) mass is 589 g/mol. The highest BCUT2D eigenvalue weighted by Crippen LogP contribution is 2.48. The van der Waals surface area contributed by atoms with Crippen LogP contribution in [0.25, 0.3) is 111 Å². The van der Waals surface area contributed by atoms with E-state index in [1.165, 1.54) is 48.6 Å². The first kappa shape index (κ1) is 23.3. The van der Waals surface area contributed by atoms with Crippen LogP contribution in [0.1, 0.15) is 12.8 Å². The highest BCUT2D eigenvalue weighted by Gasteiger charge is 2.27. The number of rotatable bonds is 2. The van der Waals surface area contributed by atoms with Gasteiger partial charge in [0, 0.05) is 26.9 Å². The molecule has 5 aromatic heterocycles. The van der Waals surface area contributed by atoms with Crippen LogP contribution in [-0.4, -0.2) is 14.0 Å². The van der Waals surface area contributed by atoms with E-state index >= 15 is 0 Å².